The summed E-state index contributed by atoms with van der Waals surface area (Å²) >= 11 is 12.2. The molecule has 3 aromatic rings. The molecule has 3 heterocycles. The average Bonchev–Trinajstić information content (AvgIpc) is 3.19. The first-order valence-corrected chi connectivity index (χ1v) is 9.97. The Balaban J connectivity index is 1.58. The normalized spacial score (nSPS) is 12.5. The molecule has 2 aromatic heterocycles. The fourth-order valence-electron chi connectivity index (χ4n) is 3.33. The van der Waals surface area contributed by atoms with Gasteiger partial charge in [0.1, 0.15) is 11.6 Å². The van der Waals surface area contributed by atoms with E-state index in [4.69, 9.17) is 27.9 Å². The number of fused-ring (bicyclic) bond motifs is 1. The lowest BCUT2D eigenvalue weighted by Gasteiger charge is -2.23. The van der Waals surface area contributed by atoms with Crippen molar-refractivity contribution in [2.24, 2.45) is 0 Å². The van der Waals surface area contributed by atoms with Crippen LogP contribution >= 0.6 is 23.2 Å². The number of hydrogen-bond donors (Lipinski definition) is 1. The van der Waals surface area contributed by atoms with Gasteiger partial charge in [0.15, 0.2) is 0 Å². The summed E-state index contributed by atoms with van der Waals surface area (Å²) in [5.41, 5.74) is 3.28. The average molecular weight is 444 g/mol. The molecule has 30 heavy (non-hydrogen) atoms. The molecule has 1 aliphatic heterocycles. The van der Waals surface area contributed by atoms with Crippen molar-refractivity contribution in [3.05, 3.63) is 64.5 Å². The van der Waals surface area contributed by atoms with Gasteiger partial charge in [0.2, 0.25) is 0 Å². The minimum atomic E-state index is -0.384. The van der Waals surface area contributed by atoms with Gasteiger partial charge in [-0.3, -0.25) is 9.88 Å². The lowest BCUT2D eigenvalue weighted by Crippen LogP contribution is -2.31. The van der Waals surface area contributed by atoms with E-state index in [1.54, 1.807) is 26.4 Å². The topological polar surface area (TPSA) is 70.6 Å². The Hall–Kier alpha value is -3.03. The standard InChI is InChI=1S/C21H19Cl2N5O2/c1-27(21(29)26-20-16(22)11-24-12-17(20)23)14-5-7-25-19(9-14)28-8-6-13-3-4-15(30-2)10-18(13)28/h3-5,7,9-12H,6,8H2,1-2H3,(H,24,26,29). The second kappa shape index (κ2) is 8.38. The Morgan fingerprint density at radius 1 is 1.20 bits per heavy atom. The van der Waals surface area contributed by atoms with Crippen molar-refractivity contribution in [3.8, 4) is 5.75 Å². The molecule has 1 aromatic carbocycles. The highest BCUT2D eigenvalue weighted by Crippen LogP contribution is 2.37. The Morgan fingerprint density at radius 2 is 1.97 bits per heavy atom. The molecule has 1 aliphatic rings. The van der Waals surface area contributed by atoms with Crippen molar-refractivity contribution >= 4 is 52.1 Å². The molecular weight excluding hydrogens is 425 g/mol. The Labute approximate surface area is 184 Å². The maximum absolute atomic E-state index is 12.8. The van der Waals surface area contributed by atoms with Crippen molar-refractivity contribution in [2.45, 2.75) is 6.42 Å². The van der Waals surface area contributed by atoms with Gasteiger partial charge in [0.05, 0.1) is 28.5 Å². The van der Waals surface area contributed by atoms with Gasteiger partial charge in [-0.2, -0.15) is 0 Å². The minimum absolute atomic E-state index is 0.266. The Bertz CT molecular complexity index is 1090. The van der Waals surface area contributed by atoms with Crippen LogP contribution in [-0.2, 0) is 6.42 Å². The number of carbonyl (C=O) groups excluding carboxylic acids is 1. The van der Waals surface area contributed by atoms with E-state index in [1.807, 2.05) is 18.2 Å². The van der Waals surface area contributed by atoms with Crippen LogP contribution < -0.4 is 19.9 Å². The molecule has 7 nitrogen and oxygen atoms in total. The highest BCUT2D eigenvalue weighted by molar-refractivity contribution is 6.39. The van der Waals surface area contributed by atoms with Gasteiger partial charge in [-0.15, -0.1) is 0 Å². The van der Waals surface area contributed by atoms with Crippen LogP contribution in [0.3, 0.4) is 0 Å². The first-order chi connectivity index (χ1) is 14.5. The number of benzene rings is 1. The van der Waals surface area contributed by atoms with E-state index in [1.165, 1.54) is 22.9 Å². The number of carbonyl (C=O) groups is 1. The fraction of sp³-hybridized carbons (Fsp3) is 0.190. The summed E-state index contributed by atoms with van der Waals surface area (Å²) in [5, 5.41) is 3.26. The van der Waals surface area contributed by atoms with Crippen LogP contribution in [0.15, 0.2) is 48.9 Å². The molecule has 0 aliphatic carbocycles. The van der Waals surface area contributed by atoms with Crippen molar-refractivity contribution in [3.63, 3.8) is 0 Å². The monoisotopic (exact) mass is 443 g/mol. The van der Waals surface area contributed by atoms with Crippen LogP contribution in [0.4, 0.5) is 27.7 Å². The molecule has 0 radical (unpaired) electrons. The first-order valence-electron chi connectivity index (χ1n) is 9.22. The predicted molar refractivity (Wildman–Crippen MR) is 120 cm³/mol. The lowest BCUT2D eigenvalue weighted by atomic mass is 10.1. The number of hydrogen-bond acceptors (Lipinski definition) is 5. The van der Waals surface area contributed by atoms with Crippen LogP contribution in [0.25, 0.3) is 0 Å². The zero-order chi connectivity index (χ0) is 21.3. The molecule has 0 fully saturated rings. The van der Waals surface area contributed by atoms with Crippen molar-refractivity contribution in [1.29, 1.82) is 0 Å². The number of urea groups is 1. The molecule has 154 valence electrons. The number of rotatable bonds is 4. The molecule has 9 heteroatoms. The molecule has 0 unspecified atom stereocenters. The SMILES string of the molecule is COc1ccc2c(c1)N(c1cc(N(C)C(=O)Nc3c(Cl)cncc3Cl)ccn1)CC2. The number of methoxy groups -OCH3 is 1. The van der Waals surface area contributed by atoms with Gasteiger partial charge in [0, 0.05) is 50.0 Å². The van der Waals surface area contributed by atoms with Crippen LogP contribution in [0.1, 0.15) is 5.56 Å². The highest BCUT2D eigenvalue weighted by Gasteiger charge is 2.23. The summed E-state index contributed by atoms with van der Waals surface area (Å²) < 4.78 is 5.36. The molecule has 0 saturated carbocycles. The van der Waals surface area contributed by atoms with Gasteiger partial charge in [-0.25, -0.2) is 9.78 Å². The molecule has 0 saturated heterocycles. The second-order valence-electron chi connectivity index (χ2n) is 6.74. The summed E-state index contributed by atoms with van der Waals surface area (Å²) in [5.74, 6) is 1.54. The maximum atomic E-state index is 12.8. The van der Waals surface area contributed by atoms with Crippen LogP contribution in [0.2, 0.25) is 10.0 Å². The van der Waals surface area contributed by atoms with E-state index in [-0.39, 0.29) is 16.1 Å². The van der Waals surface area contributed by atoms with E-state index in [0.29, 0.717) is 11.4 Å². The summed E-state index contributed by atoms with van der Waals surface area (Å²) in [6, 6.07) is 9.27. The van der Waals surface area contributed by atoms with Crippen LogP contribution in [0.5, 0.6) is 5.75 Å². The number of pyridine rings is 2. The number of aromatic nitrogens is 2. The van der Waals surface area contributed by atoms with Crippen molar-refractivity contribution in [2.75, 3.05) is 35.8 Å². The van der Waals surface area contributed by atoms with E-state index in [0.717, 1.165) is 30.2 Å². The third-order valence-electron chi connectivity index (χ3n) is 4.97. The molecular formula is C21H19Cl2N5O2. The molecule has 0 bridgehead atoms. The quantitative estimate of drug-likeness (QED) is 0.603. The Kier molecular flexibility index (Phi) is 5.65. The third kappa shape index (κ3) is 3.86. The summed E-state index contributed by atoms with van der Waals surface area (Å²) in [4.78, 5) is 24.7. The maximum Gasteiger partial charge on any atom is 0.326 e. The first kappa shape index (κ1) is 20.3. The van der Waals surface area contributed by atoms with E-state index in [2.05, 4.69) is 26.3 Å². The smallest absolute Gasteiger partial charge is 0.326 e. The van der Waals surface area contributed by atoms with E-state index >= 15 is 0 Å². The number of nitrogens with one attached hydrogen (secondary N) is 1. The lowest BCUT2D eigenvalue weighted by molar-refractivity contribution is 0.258. The van der Waals surface area contributed by atoms with Gasteiger partial charge >= 0.3 is 6.03 Å². The van der Waals surface area contributed by atoms with Crippen LogP contribution in [-0.4, -0.2) is 36.7 Å². The van der Waals surface area contributed by atoms with Crippen LogP contribution in [0, 0.1) is 0 Å². The number of amides is 2. The van der Waals surface area contributed by atoms with Crippen molar-refractivity contribution in [1.82, 2.24) is 9.97 Å². The third-order valence-corrected chi connectivity index (χ3v) is 5.54. The minimum Gasteiger partial charge on any atom is -0.497 e. The summed E-state index contributed by atoms with van der Waals surface area (Å²) in [6.07, 6.45) is 5.44. The molecule has 0 atom stereocenters. The number of halogens is 2. The Morgan fingerprint density at radius 3 is 2.70 bits per heavy atom. The van der Waals surface area contributed by atoms with E-state index < -0.39 is 0 Å². The van der Waals surface area contributed by atoms with Gasteiger partial charge in [0.25, 0.3) is 0 Å². The summed E-state index contributed by atoms with van der Waals surface area (Å²) in [6.45, 7) is 0.803. The van der Waals surface area contributed by atoms with E-state index in [9.17, 15) is 4.79 Å². The van der Waals surface area contributed by atoms with Crippen molar-refractivity contribution < 1.29 is 9.53 Å². The number of ether oxygens (including phenoxy) is 1. The zero-order valence-electron chi connectivity index (χ0n) is 16.4. The zero-order valence-corrected chi connectivity index (χ0v) is 17.9. The highest BCUT2D eigenvalue weighted by atomic mass is 35.5. The number of nitrogens with zero attached hydrogens (tertiary/aromatic N) is 4. The molecule has 2 amide bonds. The molecule has 1 N–H and O–H groups in total. The summed E-state index contributed by atoms with van der Waals surface area (Å²) in [7, 11) is 3.31. The molecule has 4 rings (SSSR count). The fourth-order valence-corrected chi connectivity index (χ4v) is 3.79. The van der Waals surface area contributed by atoms with Gasteiger partial charge < -0.3 is 15.0 Å². The van der Waals surface area contributed by atoms with Gasteiger partial charge in [-0.05, 0) is 24.1 Å². The molecule has 0 spiro atoms. The largest absolute Gasteiger partial charge is 0.497 e. The second-order valence-corrected chi connectivity index (χ2v) is 7.55. The number of anilines is 4. The predicted octanol–water partition coefficient (Wildman–Crippen LogP) is 5.15. The van der Waals surface area contributed by atoms with Gasteiger partial charge in [-0.1, -0.05) is 29.3 Å².